The van der Waals surface area contributed by atoms with Gasteiger partial charge in [0.15, 0.2) is 0 Å². The van der Waals surface area contributed by atoms with Crippen LogP contribution >= 0.6 is 0 Å². The van der Waals surface area contributed by atoms with E-state index in [1.807, 2.05) is 29.3 Å². The third kappa shape index (κ3) is 3.78. The number of hydrogen-bond acceptors (Lipinski definition) is 5. The highest BCUT2D eigenvalue weighted by atomic mass is 16.5. The Balaban J connectivity index is 1.72. The fraction of sp³-hybridized carbons (Fsp3) is 0.600. The fourth-order valence-electron chi connectivity index (χ4n) is 3.24. The molecule has 2 bridgehead atoms. The molecule has 3 heterocycles. The molecule has 6 nitrogen and oxygen atoms in total. The summed E-state index contributed by atoms with van der Waals surface area (Å²) >= 11 is 0. The third-order valence-electron chi connectivity index (χ3n) is 4.11. The molecule has 2 atom stereocenters. The molecule has 0 amide bonds. The molecule has 114 valence electrons. The topological polar surface area (TPSA) is 65.9 Å². The van der Waals surface area contributed by atoms with Crippen molar-refractivity contribution in [3.63, 3.8) is 0 Å². The van der Waals surface area contributed by atoms with Crippen molar-refractivity contribution >= 4 is 5.97 Å². The van der Waals surface area contributed by atoms with Gasteiger partial charge < -0.3 is 9.84 Å². The highest BCUT2D eigenvalue weighted by Crippen LogP contribution is 2.21. The van der Waals surface area contributed by atoms with Gasteiger partial charge in [0.25, 0.3) is 0 Å². The van der Waals surface area contributed by atoms with Crippen LogP contribution in [0.1, 0.15) is 5.69 Å². The largest absolute Gasteiger partial charge is 0.480 e. The molecule has 0 saturated carbocycles. The Labute approximate surface area is 124 Å². The summed E-state index contributed by atoms with van der Waals surface area (Å²) in [5, 5.41) is 9.03. The van der Waals surface area contributed by atoms with Gasteiger partial charge in [-0.1, -0.05) is 6.07 Å². The average Bonchev–Trinajstić information content (AvgIpc) is 2.69. The molecule has 2 saturated heterocycles. The number of nitrogens with zero attached hydrogens (tertiary/aromatic N) is 3. The van der Waals surface area contributed by atoms with Gasteiger partial charge in [-0.05, 0) is 12.1 Å². The molecule has 6 heteroatoms. The van der Waals surface area contributed by atoms with E-state index in [0.717, 1.165) is 31.9 Å². The maximum atomic E-state index is 11.0. The predicted octanol–water partition coefficient (Wildman–Crippen LogP) is 0.299. The lowest BCUT2D eigenvalue weighted by Gasteiger charge is -2.30. The Kier molecular flexibility index (Phi) is 4.48. The number of carbonyl (C=O) groups is 1. The molecule has 0 spiro atoms. The van der Waals surface area contributed by atoms with Crippen LogP contribution in [0.5, 0.6) is 0 Å². The molecule has 0 radical (unpaired) electrons. The van der Waals surface area contributed by atoms with Gasteiger partial charge in [-0.2, -0.15) is 0 Å². The Morgan fingerprint density at radius 1 is 1.33 bits per heavy atom. The number of hydrogen-bond donors (Lipinski definition) is 1. The van der Waals surface area contributed by atoms with Crippen LogP contribution < -0.4 is 0 Å². The van der Waals surface area contributed by atoms with Crippen LogP contribution in [0, 0.1) is 5.92 Å². The molecule has 0 unspecified atom stereocenters. The standard InChI is InChI=1S/C15H21N3O3/c19-15(20)9-17-5-12-6-18(14(8-17)11-21-10-12)7-13-3-1-2-4-16-13/h1-4,12,14H,5-11H2,(H,19,20)/t12-,14-/m0/s1. The molecular formula is C15H21N3O3. The van der Waals surface area contributed by atoms with Crippen LogP contribution in [0.25, 0.3) is 0 Å². The van der Waals surface area contributed by atoms with Crippen molar-refractivity contribution in [3.8, 4) is 0 Å². The first kappa shape index (κ1) is 14.4. The molecule has 2 fully saturated rings. The van der Waals surface area contributed by atoms with Crippen LogP contribution in [0.15, 0.2) is 24.4 Å². The SMILES string of the molecule is O=C(O)CN1C[C@@H]2COC[C@H](C1)N(Cc1ccccn1)C2. The van der Waals surface area contributed by atoms with Crippen LogP contribution in [0.4, 0.5) is 0 Å². The normalized spacial score (nSPS) is 27.2. The van der Waals surface area contributed by atoms with Gasteiger partial charge in [0.1, 0.15) is 0 Å². The second-order valence-electron chi connectivity index (χ2n) is 5.90. The molecular weight excluding hydrogens is 270 g/mol. The minimum atomic E-state index is -0.757. The van der Waals surface area contributed by atoms with E-state index in [9.17, 15) is 4.79 Å². The van der Waals surface area contributed by atoms with Crippen LogP contribution in [-0.4, -0.2) is 71.3 Å². The molecule has 2 aliphatic rings. The number of aromatic nitrogens is 1. The zero-order valence-corrected chi connectivity index (χ0v) is 12.0. The van der Waals surface area contributed by atoms with Gasteiger partial charge >= 0.3 is 5.97 Å². The van der Waals surface area contributed by atoms with Gasteiger partial charge in [0, 0.05) is 44.3 Å². The molecule has 1 aromatic heterocycles. The summed E-state index contributed by atoms with van der Waals surface area (Å²) in [6.45, 7) is 4.77. The van der Waals surface area contributed by atoms with Gasteiger partial charge in [0.2, 0.25) is 0 Å². The molecule has 2 aliphatic heterocycles. The number of pyridine rings is 1. The Morgan fingerprint density at radius 3 is 3.00 bits per heavy atom. The van der Waals surface area contributed by atoms with Gasteiger partial charge in [-0.25, -0.2) is 0 Å². The Bertz CT molecular complexity index is 482. The van der Waals surface area contributed by atoms with Crippen molar-refractivity contribution in [2.24, 2.45) is 5.92 Å². The maximum Gasteiger partial charge on any atom is 0.317 e. The zero-order chi connectivity index (χ0) is 14.7. The summed E-state index contributed by atoms with van der Waals surface area (Å²) < 4.78 is 5.75. The lowest BCUT2D eigenvalue weighted by atomic mass is 10.1. The average molecular weight is 291 g/mol. The lowest BCUT2D eigenvalue weighted by molar-refractivity contribution is -0.138. The first-order chi connectivity index (χ1) is 10.2. The van der Waals surface area contributed by atoms with Crippen molar-refractivity contribution in [2.75, 3.05) is 39.4 Å². The molecule has 1 N–H and O–H groups in total. The second kappa shape index (κ2) is 6.51. The van der Waals surface area contributed by atoms with Crippen molar-refractivity contribution in [1.29, 1.82) is 0 Å². The van der Waals surface area contributed by atoms with Gasteiger partial charge in [0.05, 0.1) is 25.5 Å². The monoisotopic (exact) mass is 291 g/mol. The lowest BCUT2D eigenvalue weighted by Crippen LogP contribution is -2.45. The van der Waals surface area contributed by atoms with Crippen LogP contribution in [0.2, 0.25) is 0 Å². The summed E-state index contributed by atoms with van der Waals surface area (Å²) in [5.74, 6) is -0.396. The third-order valence-corrected chi connectivity index (χ3v) is 4.11. The van der Waals surface area contributed by atoms with E-state index >= 15 is 0 Å². The van der Waals surface area contributed by atoms with Crippen molar-refractivity contribution < 1.29 is 14.6 Å². The molecule has 1 aromatic rings. The molecule has 0 aromatic carbocycles. The number of carboxylic acids is 1. The van der Waals surface area contributed by atoms with E-state index in [-0.39, 0.29) is 12.6 Å². The smallest absolute Gasteiger partial charge is 0.317 e. The van der Waals surface area contributed by atoms with E-state index in [1.165, 1.54) is 0 Å². The Hall–Kier alpha value is -1.50. The predicted molar refractivity (Wildman–Crippen MR) is 76.8 cm³/mol. The zero-order valence-electron chi connectivity index (χ0n) is 12.0. The van der Waals surface area contributed by atoms with Crippen LogP contribution in [-0.2, 0) is 16.1 Å². The van der Waals surface area contributed by atoms with E-state index in [4.69, 9.17) is 9.84 Å². The Morgan fingerprint density at radius 2 is 2.24 bits per heavy atom. The van der Waals surface area contributed by atoms with Crippen LogP contribution in [0.3, 0.4) is 0 Å². The van der Waals surface area contributed by atoms with Crippen molar-refractivity contribution in [2.45, 2.75) is 12.6 Å². The van der Waals surface area contributed by atoms with Crippen molar-refractivity contribution in [3.05, 3.63) is 30.1 Å². The fourth-order valence-corrected chi connectivity index (χ4v) is 3.24. The highest BCUT2D eigenvalue weighted by molar-refractivity contribution is 5.69. The maximum absolute atomic E-state index is 11.0. The number of rotatable bonds is 4. The molecule has 0 aliphatic carbocycles. The van der Waals surface area contributed by atoms with Gasteiger partial charge in [-0.15, -0.1) is 0 Å². The summed E-state index contributed by atoms with van der Waals surface area (Å²) in [4.78, 5) is 19.8. The van der Waals surface area contributed by atoms with E-state index in [0.29, 0.717) is 19.1 Å². The molecule has 21 heavy (non-hydrogen) atoms. The summed E-state index contributed by atoms with van der Waals surface area (Å²) in [6.07, 6.45) is 1.81. The first-order valence-corrected chi connectivity index (χ1v) is 7.36. The number of fused-ring (bicyclic) bond motifs is 3. The second-order valence-corrected chi connectivity index (χ2v) is 5.90. The summed E-state index contributed by atoms with van der Waals surface area (Å²) in [6, 6.07) is 6.19. The molecule has 3 rings (SSSR count). The number of aliphatic carboxylic acids is 1. The van der Waals surface area contributed by atoms with E-state index < -0.39 is 5.97 Å². The number of ether oxygens (including phenoxy) is 1. The summed E-state index contributed by atoms with van der Waals surface area (Å²) in [7, 11) is 0. The first-order valence-electron chi connectivity index (χ1n) is 7.36. The summed E-state index contributed by atoms with van der Waals surface area (Å²) in [5.41, 5.74) is 1.05. The minimum Gasteiger partial charge on any atom is -0.480 e. The minimum absolute atomic E-state index is 0.116. The highest BCUT2D eigenvalue weighted by Gasteiger charge is 2.33. The van der Waals surface area contributed by atoms with Gasteiger partial charge in [-0.3, -0.25) is 19.6 Å². The number of carboxylic acid groups (broad SMARTS) is 1. The van der Waals surface area contributed by atoms with E-state index in [2.05, 4.69) is 9.88 Å². The van der Waals surface area contributed by atoms with E-state index in [1.54, 1.807) is 0 Å². The van der Waals surface area contributed by atoms with Crippen molar-refractivity contribution in [1.82, 2.24) is 14.8 Å². The quantitative estimate of drug-likeness (QED) is 0.860.